The van der Waals surface area contributed by atoms with Crippen molar-refractivity contribution in [1.82, 2.24) is 9.71 Å². The minimum absolute atomic E-state index is 0.0452. The van der Waals surface area contributed by atoms with Crippen molar-refractivity contribution in [3.05, 3.63) is 63.6 Å². The van der Waals surface area contributed by atoms with Crippen LogP contribution in [0.4, 0.5) is 0 Å². The molecule has 23 heavy (non-hydrogen) atoms. The van der Waals surface area contributed by atoms with Gasteiger partial charge < -0.3 is 4.42 Å². The Labute approximate surface area is 137 Å². The SMILES string of the molecule is O=c1[nH]c2ccc(S(=O)(=O)NCCc3ccc(Cl)cc3)cc2o1. The Kier molecular flexibility index (Phi) is 4.25. The molecule has 0 saturated carbocycles. The van der Waals surface area contributed by atoms with Gasteiger partial charge in [0.25, 0.3) is 0 Å². The van der Waals surface area contributed by atoms with Gasteiger partial charge in [0.15, 0.2) is 5.58 Å². The molecule has 1 aromatic heterocycles. The molecule has 0 spiro atoms. The van der Waals surface area contributed by atoms with E-state index in [1.54, 1.807) is 12.1 Å². The Bertz CT molecular complexity index is 990. The molecule has 0 aliphatic rings. The lowest BCUT2D eigenvalue weighted by Gasteiger charge is -2.07. The van der Waals surface area contributed by atoms with Gasteiger partial charge in [0, 0.05) is 17.6 Å². The van der Waals surface area contributed by atoms with Crippen molar-refractivity contribution in [2.75, 3.05) is 6.54 Å². The first-order chi connectivity index (χ1) is 10.9. The summed E-state index contributed by atoms with van der Waals surface area (Å²) in [6.45, 7) is 0.249. The third-order valence-electron chi connectivity index (χ3n) is 3.32. The van der Waals surface area contributed by atoms with E-state index < -0.39 is 15.8 Å². The Morgan fingerprint density at radius 3 is 2.61 bits per heavy atom. The topological polar surface area (TPSA) is 92.2 Å². The fourth-order valence-electron chi connectivity index (χ4n) is 2.16. The van der Waals surface area contributed by atoms with Crippen LogP contribution in [0.15, 0.2) is 56.6 Å². The number of fused-ring (bicyclic) bond motifs is 1. The quantitative estimate of drug-likeness (QED) is 0.737. The highest BCUT2D eigenvalue weighted by atomic mass is 35.5. The van der Waals surface area contributed by atoms with Crippen LogP contribution in [0.3, 0.4) is 0 Å². The first-order valence-corrected chi connectivity index (χ1v) is 8.67. The summed E-state index contributed by atoms with van der Waals surface area (Å²) < 4.78 is 31.9. The van der Waals surface area contributed by atoms with Crippen LogP contribution >= 0.6 is 11.6 Å². The maximum Gasteiger partial charge on any atom is 0.417 e. The van der Waals surface area contributed by atoms with E-state index in [4.69, 9.17) is 16.0 Å². The number of oxazole rings is 1. The maximum absolute atomic E-state index is 12.3. The van der Waals surface area contributed by atoms with E-state index in [9.17, 15) is 13.2 Å². The summed E-state index contributed by atoms with van der Waals surface area (Å²) in [5.74, 6) is -0.620. The normalized spacial score (nSPS) is 11.9. The predicted octanol–water partition coefficient (Wildman–Crippen LogP) is 2.30. The van der Waals surface area contributed by atoms with E-state index in [0.717, 1.165) is 5.56 Å². The third kappa shape index (κ3) is 3.64. The number of aromatic amines is 1. The van der Waals surface area contributed by atoms with Crippen molar-refractivity contribution in [2.24, 2.45) is 0 Å². The fourth-order valence-corrected chi connectivity index (χ4v) is 3.33. The molecule has 0 saturated heterocycles. The summed E-state index contributed by atoms with van der Waals surface area (Å²) in [5, 5.41) is 0.635. The molecule has 2 aromatic carbocycles. The number of rotatable bonds is 5. The Balaban J connectivity index is 1.72. The molecular formula is C15H13ClN2O4S. The molecule has 0 radical (unpaired) electrons. The fraction of sp³-hybridized carbons (Fsp3) is 0.133. The molecule has 8 heteroatoms. The van der Waals surface area contributed by atoms with Gasteiger partial charge in [-0.15, -0.1) is 0 Å². The second kappa shape index (κ2) is 6.19. The average molecular weight is 353 g/mol. The molecule has 6 nitrogen and oxygen atoms in total. The van der Waals surface area contributed by atoms with Gasteiger partial charge in [-0.1, -0.05) is 23.7 Å². The van der Waals surface area contributed by atoms with E-state index in [1.807, 2.05) is 12.1 Å². The Morgan fingerprint density at radius 1 is 1.13 bits per heavy atom. The molecule has 0 aliphatic carbocycles. The minimum Gasteiger partial charge on any atom is -0.408 e. The highest BCUT2D eigenvalue weighted by molar-refractivity contribution is 7.89. The van der Waals surface area contributed by atoms with E-state index in [2.05, 4.69) is 9.71 Å². The monoisotopic (exact) mass is 352 g/mol. The highest BCUT2D eigenvalue weighted by Crippen LogP contribution is 2.16. The predicted molar refractivity (Wildman–Crippen MR) is 87.2 cm³/mol. The first-order valence-electron chi connectivity index (χ1n) is 6.81. The lowest BCUT2D eigenvalue weighted by molar-refractivity contribution is 0.553. The molecule has 1 heterocycles. The maximum atomic E-state index is 12.3. The van der Waals surface area contributed by atoms with Crippen molar-refractivity contribution in [1.29, 1.82) is 0 Å². The number of H-pyrrole nitrogens is 1. The number of nitrogens with one attached hydrogen (secondary N) is 2. The first kappa shape index (κ1) is 15.8. The highest BCUT2D eigenvalue weighted by Gasteiger charge is 2.15. The van der Waals surface area contributed by atoms with Crippen LogP contribution in [0.2, 0.25) is 5.02 Å². The molecule has 2 N–H and O–H groups in total. The third-order valence-corrected chi connectivity index (χ3v) is 5.03. The van der Waals surface area contributed by atoms with Crippen LogP contribution in [0.5, 0.6) is 0 Å². The Hall–Kier alpha value is -2.09. The second-order valence-electron chi connectivity index (χ2n) is 4.95. The molecule has 0 bridgehead atoms. The van der Waals surface area contributed by atoms with Crippen LogP contribution in [0, 0.1) is 0 Å². The Morgan fingerprint density at radius 2 is 1.87 bits per heavy atom. The summed E-state index contributed by atoms with van der Waals surface area (Å²) in [7, 11) is -3.67. The number of halogens is 1. The van der Waals surface area contributed by atoms with Crippen molar-refractivity contribution >= 4 is 32.7 Å². The lowest BCUT2D eigenvalue weighted by Crippen LogP contribution is -2.25. The van der Waals surface area contributed by atoms with Crippen molar-refractivity contribution in [3.8, 4) is 0 Å². The standard InChI is InChI=1S/C15H13ClN2O4S/c16-11-3-1-10(2-4-11)7-8-17-23(20,21)12-5-6-13-14(9-12)22-15(19)18-13/h1-6,9,17H,7-8H2,(H,18,19). The molecule has 0 aliphatic heterocycles. The van der Waals surface area contributed by atoms with Crippen molar-refractivity contribution in [3.63, 3.8) is 0 Å². The van der Waals surface area contributed by atoms with Gasteiger partial charge in [0.2, 0.25) is 10.0 Å². The molecule has 0 fully saturated rings. The van der Waals surface area contributed by atoms with Gasteiger partial charge in [-0.25, -0.2) is 17.9 Å². The summed E-state index contributed by atoms with van der Waals surface area (Å²) in [6.07, 6.45) is 0.540. The molecular weight excluding hydrogens is 340 g/mol. The average Bonchev–Trinajstić information content (AvgIpc) is 2.88. The van der Waals surface area contributed by atoms with E-state index in [1.165, 1.54) is 18.2 Å². The lowest BCUT2D eigenvalue weighted by atomic mass is 10.2. The van der Waals surface area contributed by atoms with Crippen molar-refractivity contribution < 1.29 is 12.8 Å². The van der Waals surface area contributed by atoms with E-state index in [0.29, 0.717) is 17.0 Å². The second-order valence-corrected chi connectivity index (χ2v) is 7.15. The molecule has 0 atom stereocenters. The smallest absolute Gasteiger partial charge is 0.408 e. The number of hydrogen-bond donors (Lipinski definition) is 2. The molecule has 3 aromatic rings. The van der Waals surface area contributed by atoms with Crippen LogP contribution in [-0.4, -0.2) is 19.9 Å². The minimum atomic E-state index is -3.67. The largest absolute Gasteiger partial charge is 0.417 e. The molecule has 120 valence electrons. The number of benzene rings is 2. The van der Waals surface area contributed by atoms with Gasteiger partial charge in [-0.05, 0) is 36.2 Å². The zero-order chi connectivity index (χ0) is 16.4. The van der Waals surface area contributed by atoms with Crippen molar-refractivity contribution in [2.45, 2.75) is 11.3 Å². The summed E-state index contributed by atoms with van der Waals surface area (Å²) in [6, 6.07) is 11.4. The summed E-state index contributed by atoms with van der Waals surface area (Å²) in [5.41, 5.74) is 1.63. The zero-order valence-corrected chi connectivity index (χ0v) is 13.4. The van der Waals surface area contributed by atoms with E-state index in [-0.39, 0.29) is 17.0 Å². The summed E-state index contributed by atoms with van der Waals surface area (Å²) in [4.78, 5) is 13.6. The van der Waals surface area contributed by atoms with Gasteiger partial charge in [0.05, 0.1) is 10.4 Å². The van der Waals surface area contributed by atoms with Crippen LogP contribution in [-0.2, 0) is 16.4 Å². The van der Waals surface area contributed by atoms with Gasteiger partial charge in [-0.3, -0.25) is 4.98 Å². The van der Waals surface area contributed by atoms with Gasteiger partial charge >= 0.3 is 5.76 Å². The summed E-state index contributed by atoms with van der Waals surface area (Å²) >= 11 is 5.80. The van der Waals surface area contributed by atoms with Crippen LogP contribution in [0.1, 0.15) is 5.56 Å². The molecule has 3 rings (SSSR count). The van der Waals surface area contributed by atoms with E-state index >= 15 is 0 Å². The van der Waals surface area contributed by atoms with Crippen LogP contribution in [0.25, 0.3) is 11.1 Å². The van der Waals surface area contributed by atoms with Gasteiger partial charge in [0.1, 0.15) is 0 Å². The number of aromatic nitrogens is 1. The van der Waals surface area contributed by atoms with Crippen LogP contribution < -0.4 is 10.5 Å². The number of hydrogen-bond acceptors (Lipinski definition) is 4. The molecule has 0 amide bonds. The molecule has 0 unspecified atom stereocenters. The number of sulfonamides is 1. The van der Waals surface area contributed by atoms with Gasteiger partial charge in [-0.2, -0.15) is 0 Å². The zero-order valence-electron chi connectivity index (χ0n) is 11.9.